The Bertz CT molecular complexity index is 853. The van der Waals surface area contributed by atoms with Crippen molar-refractivity contribution in [1.82, 2.24) is 9.88 Å². The van der Waals surface area contributed by atoms with Gasteiger partial charge in [0.15, 0.2) is 0 Å². The van der Waals surface area contributed by atoms with Crippen LogP contribution >= 0.6 is 11.6 Å². The smallest absolute Gasteiger partial charge is 0.387 e. The van der Waals surface area contributed by atoms with E-state index in [4.69, 9.17) is 16.0 Å². The van der Waals surface area contributed by atoms with Crippen molar-refractivity contribution >= 4 is 11.6 Å². The van der Waals surface area contributed by atoms with Gasteiger partial charge in [0.05, 0.1) is 5.69 Å². The van der Waals surface area contributed by atoms with E-state index >= 15 is 0 Å². The van der Waals surface area contributed by atoms with Crippen LogP contribution in [0.15, 0.2) is 59.2 Å². The minimum Gasteiger partial charge on any atom is -0.444 e. The van der Waals surface area contributed by atoms with Gasteiger partial charge in [0, 0.05) is 23.7 Å². The van der Waals surface area contributed by atoms with Gasteiger partial charge in [-0.25, -0.2) is 4.98 Å². The first-order valence-corrected chi connectivity index (χ1v) is 8.30. The zero-order valence-electron chi connectivity index (χ0n) is 14.0. The molecule has 4 nitrogen and oxygen atoms in total. The van der Waals surface area contributed by atoms with Gasteiger partial charge in [-0.2, -0.15) is 8.78 Å². The molecule has 0 bridgehead atoms. The van der Waals surface area contributed by atoms with Gasteiger partial charge in [-0.3, -0.25) is 4.90 Å². The molecular formula is C19H17ClF2N2O2. The van der Waals surface area contributed by atoms with Gasteiger partial charge in [-0.15, -0.1) is 0 Å². The molecule has 0 amide bonds. The van der Waals surface area contributed by atoms with E-state index in [2.05, 4.69) is 9.72 Å². The Balaban J connectivity index is 1.59. The summed E-state index contributed by atoms with van der Waals surface area (Å²) in [6.07, 6.45) is 1.62. The Morgan fingerprint density at radius 2 is 1.92 bits per heavy atom. The Morgan fingerprint density at radius 1 is 1.15 bits per heavy atom. The molecule has 0 aliphatic carbocycles. The quantitative estimate of drug-likeness (QED) is 0.564. The number of hydrogen-bond donors (Lipinski definition) is 0. The molecule has 7 heteroatoms. The molecule has 0 aliphatic heterocycles. The second-order valence-electron chi connectivity index (χ2n) is 5.85. The first-order valence-electron chi connectivity index (χ1n) is 7.92. The van der Waals surface area contributed by atoms with Crippen LogP contribution in [0.3, 0.4) is 0 Å². The predicted molar refractivity (Wildman–Crippen MR) is 95.2 cm³/mol. The lowest BCUT2D eigenvalue weighted by Crippen LogP contribution is -2.17. The molecule has 0 saturated carbocycles. The molecular weight excluding hydrogens is 362 g/mol. The van der Waals surface area contributed by atoms with E-state index in [9.17, 15) is 8.78 Å². The highest BCUT2D eigenvalue weighted by Crippen LogP contribution is 2.22. The molecule has 0 fully saturated rings. The third kappa shape index (κ3) is 5.03. The van der Waals surface area contributed by atoms with Crippen molar-refractivity contribution in [2.24, 2.45) is 0 Å². The topological polar surface area (TPSA) is 38.5 Å². The van der Waals surface area contributed by atoms with Crippen LogP contribution in [0.2, 0.25) is 5.02 Å². The van der Waals surface area contributed by atoms with E-state index in [1.165, 1.54) is 12.1 Å². The summed E-state index contributed by atoms with van der Waals surface area (Å²) in [5.41, 5.74) is 2.59. The second kappa shape index (κ2) is 8.29. The van der Waals surface area contributed by atoms with Gasteiger partial charge in [-0.05, 0) is 42.9 Å². The van der Waals surface area contributed by atoms with Gasteiger partial charge in [0.25, 0.3) is 0 Å². The average molecular weight is 379 g/mol. The fourth-order valence-corrected chi connectivity index (χ4v) is 2.74. The molecule has 0 unspecified atom stereocenters. The van der Waals surface area contributed by atoms with Gasteiger partial charge < -0.3 is 9.15 Å². The molecule has 0 atom stereocenters. The summed E-state index contributed by atoms with van der Waals surface area (Å²) in [5, 5.41) is 0.624. The van der Waals surface area contributed by atoms with E-state index in [-0.39, 0.29) is 5.75 Å². The highest BCUT2D eigenvalue weighted by atomic mass is 35.5. The summed E-state index contributed by atoms with van der Waals surface area (Å²) in [7, 11) is 1.94. The van der Waals surface area contributed by atoms with Gasteiger partial charge in [-0.1, -0.05) is 29.8 Å². The van der Waals surface area contributed by atoms with E-state index in [1.54, 1.807) is 30.5 Å². The van der Waals surface area contributed by atoms with Crippen LogP contribution < -0.4 is 4.74 Å². The molecule has 0 spiro atoms. The van der Waals surface area contributed by atoms with E-state index in [1.807, 2.05) is 24.1 Å². The Labute approximate surface area is 155 Å². The van der Waals surface area contributed by atoms with Crippen LogP contribution in [0.4, 0.5) is 8.78 Å². The third-order valence-corrected chi connectivity index (χ3v) is 3.89. The Morgan fingerprint density at radius 3 is 2.62 bits per heavy atom. The minimum absolute atomic E-state index is 0.147. The van der Waals surface area contributed by atoms with Crippen molar-refractivity contribution in [2.75, 3.05) is 7.05 Å². The fourth-order valence-electron chi connectivity index (χ4n) is 2.55. The number of rotatable bonds is 7. The highest BCUT2D eigenvalue weighted by Gasteiger charge is 2.10. The number of nitrogens with zero attached hydrogens (tertiary/aromatic N) is 2. The molecule has 2 aromatic carbocycles. The summed E-state index contributed by atoms with van der Waals surface area (Å²) in [5.74, 6) is 0.665. The number of aromatic nitrogens is 1. The number of hydrogen-bond acceptors (Lipinski definition) is 4. The standard InChI is InChI=1S/C19H17ClF2N2O2/c1-24(10-13-5-7-17(8-6-13)26-19(21)22)11-16-12-25-18(23-16)14-3-2-4-15(20)9-14/h2-9,12,19H,10-11H2,1H3. The van der Waals surface area contributed by atoms with Crippen LogP contribution in [-0.2, 0) is 13.1 Å². The van der Waals surface area contributed by atoms with Crippen molar-refractivity contribution in [2.45, 2.75) is 19.7 Å². The van der Waals surface area contributed by atoms with Crippen LogP contribution in [0.5, 0.6) is 5.75 Å². The lowest BCUT2D eigenvalue weighted by atomic mass is 10.2. The van der Waals surface area contributed by atoms with Gasteiger partial charge >= 0.3 is 6.61 Å². The van der Waals surface area contributed by atoms with E-state index in [0.29, 0.717) is 24.0 Å². The average Bonchev–Trinajstić information content (AvgIpc) is 3.04. The van der Waals surface area contributed by atoms with Crippen molar-refractivity contribution in [3.8, 4) is 17.2 Å². The van der Waals surface area contributed by atoms with Gasteiger partial charge in [0.2, 0.25) is 5.89 Å². The first-order chi connectivity index (χ1) is 12.5. The molecule has 0 radical (unpaired) electrons. The monoisotopic (exact) mass is 378 g/mol. The molecule has 136 valence electrons. The zero-order valence-corrected chi connectivity index (χ0v) is 14.8. The largest absolute Gasteiger partial charge is 0.444 e. The maximum atomic E-state index is 12.2. The Kier molecular flexibility index (Phi) is 5.85. The molecule has 0 N–H and O–H groups in total. The SMILES string of the molecule is CN(Cc1ccc(OC(F)F)cc1)Cc1coc(-c2cccc(Cl)c2)n1. The summed E-state index contributed by atoms with van der Waals surface area (Å²) in [6, 6.07) is 13.9. The van der Waals surface area contributed by atoms with Crippen LogP contribution in [0.1, 0.15) is 11.3 Å². The molecule has 0 aliphatic rings. The summed E-state index contributed by atoms with van der Waals surface area (Å²) >= 11 is 5.99. The number of alkyl halides is 2. The fraction of sp³-hybridized carbons (Fsp3) is 0.211. The minimum atomic E-state index is -2.82. The summed E-state index contributed by atoms with van der Waals surface area (Å²) < 4.78 is 34.2. The maximum absolute atomic E-state index is 12.2. The zero-order chi connectivity index (χ0) is 18.5. The maximum Gasteiger partial charge on any atom is 0.387 e. The molecule has 3 aromatic rings. The second-order valence-corrected chi connectivity index (χ2v) is 6.29. The van der Waals surface area contributed by atoms with Crippen LogP contribution in [-0.4, -0.2) is 23.5 Å². The first kappa shape index (κ1) is 18.4. The van der Waals surface area contributed by atoms with Crippen molar-refractivity contribution in [3.63, 3.8) is 0 Å². The van der Waals surface area contributed by atoms with Crippen molar-refractivity contribution in [3.05, 3.63) is 71.1 Å². The van der Waals surface area contributed by atoms with E-state index < -0.39 is 6.61 Å². The normalized spacial score (nSPS) is 11.3. The predicted octanol–water partition coefficient (Wildman–Crippen LogP) is 5.23. The van der Waals surface area contributed by atoms with Gasteiger partial charge in [0.1, 0.15) is 12.0 Å². The molecule has 0 saturated heterocycles. The molecule has 26 heavy (non-hydrogen) atoms. The summed E-state index contributed by atoms with van der Waals surface area (Å²) in [6.45, 7) is -1.60. The molecule has 1 aromatic heterocycles. The molecule has 3 rings (SSSR count). The Hall–Kier alpha value is -2.44. The highest BCUT2D eigenvalue weighted by molar-refractivity contribution is 6.30. The number of ether oxygens (including phenoxy) is 1. The number of benzene rings is 2. The lowest BCUT2D eigenvalue weighted by molar-refractivity contribution is -0.0498. The van der Waals surface area contributed by atoms with Crippen LogP contribution in [0.25, 0.3) is 11.5 Å². The number of halogens is 3. The van der Waals surface area contributed by atoms with Crippen molar-refractivity contribution < 1.29 is 17.9 Å². The summed E-state index contributed by atoms with van der Waals surface area (Å²) in [4.78, 5) is 6.52. The van der Waals surface area contributed by atoms with Crippen LogP contribution in [0, 0.1) is 0 Å². The van der Waals surface area contributed by atoms with Crippen molar-refractivity contribution in [1.29, 1.82) is 0 Å². The lowest BCUT2D eigenvalue weighted by Gasteiger charge is -2.15. The third-order valence-electron chi connectivity index (χ3n) is 3.66. The molecule has 1 heterocycles. The number of oxazole rings is 1. The van der Waals surface area contributed by atoms with E-state index in [0.717, 1.165) is 16.8 Å².